The highest BCUT2D eigenvalue weighted by Gasteiger charge is 2.11. The van der Waals surface area contributed by atoms with Gasteiger partial charge in [-0.05, 0) is 32.2 Å². The normalized spacial score (nSPS) is 10.8. The van der Waals surface area contributed by atoms with Crippen molar-refractivity contribution < 1.29 is 8.78 Å². The summed E-state index contributed by atoms with van der Waals surface area (Å²) in [5.74, 6) is -0.942. The van der Waals surface area contributed by atoms with Crippen molar-refractivity contribution in [2.75, 3.05) is 7.05 Å². The van der Waals surface area contributed by atoms with Gasteiger partial charge in [-0.2, -0.15) is 0 Å². The van der Waals surface area contributed by atoms with Crippen molar-refractivity contribution in [1.29, 1.82) is 0 Å². The summed E-state index contributed by atoms with van der Waals surface area (Å²) in [4.78, 5) is 7.42. The summed E-state index contributed by atoms with van der Waals surface area (Å²) < 4.78 is 26.0. The predicted molar refractivity (Wildman–Crippen MR) is 61.4 cm³/mol. The summed E-state index contributed by atoms with van der Waals surface area (Å²) in [6.45, 7) is 2.45. The first-order valence-electron chi connectivity index (χ1n) is 5.27. The Morgan fingerprint density at radius 1 is 1.29 bits per heavy atom. The summed E-state index contributed by atoms with van der Waals surface area (Å²) in [7, 11) is 1.81. The number of hydrogen-bond donors (Lipinski definition) is 2. The fraction of sp³-hybridized carbons (Fsp3) is 0.250. The van der Waals surface area contributed by atoms with Gasteiger partial charge in [-0.25, -0.2) is 13.8 Å². The summed E-state index contributed by atoms with van der Waals surface area (Å²) in [5.41, 5.74) is 2.05. The molecule has 1 heterocycles. The molecule has 2 aromatic rings. The minimum atomic E-state index is -0.861. The Balaban J connectivity index is 2.41. The molecule has 1 aromatic carbocycles. The zero-order valence-electron chi connectivity index (χ0n) is 9.64. The zero-order valence-corrected chi connectivity index (χ0v) is 9.64. The highest BCUT2D eigenvalue weighted by atomic mass is 19.2. The summed E-state index contributed by atoms with van der Waals surface area (Å²) >= 11 is 0. The van der Waals surface area contributed by atoms with E-state index in [-0.39, 0.29) is 0 Å². The Bertz CT molecular complexity index is 535. The van der Waals surface area contributed by atoms with Crippen LogP contribution in [0.2, 0.25) is 0 Å². The molecule has 90 valence electrons. The molecule has 0 atom stereocenters. The van der Waals surface area contributed by atoms with Crippen LogP contribution in [0, 0.1) is 18.6 Å². The van der Waals surface area contributed by atoms with Gasteiger partial charge in [0.15, 0.2) is 11.6 Å². The first-order valence-corrected chi connectivity index (χ1v) is 5.27. The molecule has 2 N–H and O–H groups in total. The van der Waals surface area contributed by atoms with Gasteiger partial charge in [0.05, 0.1) is 12.2 Å². The molecule has 5 heteroatoms. The lowest BCUT2D eigenvalue weighted by atomic mass is 10.1. The quantitative estimate of drug-likeness (QED) is 0.860. The topological polar surface area (TPSA) is 40.7 Å². The van der Waals surface area contributed by atoms with Crippen LogP contribution in [0.1, 0.15) is 11.5 Å². The van der Waals surface area contributed by atoms with Gasteiger partial charge in [-0.1, -0.05) is 0 Å². The Labute approximate surface area is 97.9 Å². The van der Waals surface area contributed by atoms with Crippen molar-refractivity contribution in [1.82, 2.24) is 15.3 Å². The average Bonchev–Trinajstić information content (AvgIpc) is 2.64. The molecule has 3 nitrogen and oxygen atoms in total. The smallest absolute Gasteiger partial charge is 0.159 e. The maximum absolute atomic E-state index is 13.1. The molecule has 0 spiro atoms. The van der Waals surface area contributed by atoms with Gasteiger partial charge >= 0.3 is 0 Å². The van der Waals surface area contributed by atoms with E-state index in [1.165, 1.54) is 6.07 Å². The molecular formula is C12H13F2N3. The van der Waals surface area contributed by atoms with Gasteiger partial charge in [0.2, 0.25) is 0 Å². The van der Waals surface area contributed by atoms with Crippen molar-refractivity contribution in [2.24, 2.45) is 0 Å². The number of aryl methyl sites for hydroxylation is 1. The maximum atomic E-state index is 13.1. The van der Waals surface area contributed by atoms with Crippen LogP contribution in [0.5, 0.6) is 0 Å². The first-order chi connectivity index (χ1) is 8.11. The number of aromatic nitrogens is 2. The molecule has 2 rings (SSSR count). The molecule has 0 bridgehead atoms. The third kappa shape index (κ3) is 2.34. The molecule has 0 fully saturated rings. The fourth-order valence-electron chi connectivity index (χ4n) is 1.70. The number of halogens is 2. The van der Waals surface area contributed by atoms with Crippen molar-refractivity contribution >= 4 is 0 Å². The SMILES string of the molecule is CNCc1nc(-c2ccc(F)c(F)c2)c(C)[nH]1. The van der Waals surface area contributed by atoms with E-state index in [0.717, 1.165) is 23.7 Å². The van der Waals surface area contributed by atoms with Crippen molar-refractivity contribution in [3.63, 3.8) is 0 Å². The van der Waals surface area contributed by atoms with Gasteiger partial charge in [0.25, 0.3) is 0 Å². The van der Waals surface area contributed by atoms with E-state index in [0.29, 0.717) is 17.8 Å². The van der Waals surface area contributed by atoms with E-state index in [1.54, 1.807) is 0 Å². The third-order valence-corrected chi connectivity index (χ3v) is 2.47. The lowest BCUT2D eigenvalue weighted by molar-refractivity contribution is 0.509. The summed E-state index contributed by atoms with van der Waals surface area (Å²) in [5, 5.41) is 2.97. The van der Waals surface area contributed by atoms with E-state index in [1.807, 2.05) is 14.0 Å². The number of aromatic amines is 1. The van der Waals surface area contributed by atoms with Crippen molar-refractivity contribution in [3.05, 3.63) is 41.4 Å². The van der Waals surface area contributed by atoms with E-state index in [9.17, 15) is 8.78 Å². The Morgan fingerprint density at radius 2 is 2.06 bits per heavy atom. The zero-order chi connectivity index (χ0) is 12.4. The molecule has 0 amide bonds. The van der Waals surface area contributed by atoms with Gasteiger partial charge in [0, 0.05) is 11.3 Å². The van der Waals surface area contributed by atoms with E-state index in [4.69, 9.17) is 0 Å². The highest BCUT2D eigenvalue weighted by Crippen LogP contribution is 2.22. The van der Waals surface area contributed by atoms with Crippen LogP contribution < -0.4 is 5.32 Å². The Kier molecular flexibility index (Phi) is 3.19. The highest BCUT2D eigenvalue weighted by molar-refractivity contribution is 5.61. The Hall–Kier alpha value is -1.75. The summed E-state index contributed by atoms with van der Waals surface area (Å²) in [6.07, 6.45) is 0. The second-order valence-electron chi connectivity index (χ2n) is 3.82. The number of hydrogen-bond acceptors (Lipinski definition) is 2. The van der Waals surface area contributed by atoms with Crippen LogP contribution in [0.15, 0.2) is 18.2 Å². The predicted octanol–water partition coefficient (Wildman–Crippen LogP) is 2.38. The third-order valence-electron chi connectivity index (χ3n) is 2.47. The molecule has 0 saturated heterocycles. The summed E-state index contributed by atoms with van der Waals surface area (Å²) in [6, 6.07) is 3.78. The van der Waals surface area contributed by atoms with Crippen LogP contribution >= 0.6 is 0 Å². The molecule has 0 saturated carbocycles. The van der Waals surface area contributed by atoms with Gasteiger partial charge in [0.1, 0.15) is 5.82 Å². The van der Waals surface area contributed by atoms with E-state index < -0.39 is 11.6 Å². The molecule has 0 aliphatic heterocycles. The lowest BCUT2D eigenvalue weighted by Crippen LogP contribution is -2.06. The number of nitrogens with zero attached hydrogens (tertiary/aromatic N) is 1. The van der Waals surface area contributed by atoms with Crippen LogP contribution in [0.25, 0.3) is 11.3 Å². The van der Waals surface area contributed by atoms with Crippen LogP contribution in [-0.4, -0.2) is 17.0 Å². The van der Waals surface area contributed by atoms with Crippen LogP contribution in [-0.2, 0) is 6.54 Å². The standard InChI is InChI=1S/C12H13F2N3/c1-7-12(17-11(16-7)6-15-2)8-3-4-9(13)10(14)5-8/h3-5,15H,6H2,1-2H3,(H,16,17). The minimum absolute atomic E-state index is 0.569. The molecule has 0 unspecified atom stereocenters. The maximum Gasteiger partial charge on any atom is 0.159 e. The van der Waals surface area contributed by atoms with E-state index >= 15 is 0 Å². The van der Waals surface area contributed by atoms with E-state index in [2.05, 4.69) is 15.3 Å². The van der Waals surface area contributed by atoms with Gasteiger partial charge in [-0.3, -0.25) is 0 Å². The second-order valence-corrected chi connectivity index (χ2v) is 3.82. The monoisotopic (exact) mass is 237 g/mol. The molecular weight excluding hydrogens is 224 g/mol. The van der Waals surface area contributed by atoms with Crippen molar-refractivity contribution in [2.45, 2.75) is 13.5 Å². The number of nitrogens with one attached hydrogen (secondary N) is 2. The number of rotatable bonds is 3. The molecule has 0 radical (unpaired) electrons. The van der Waals surface area contributed by atoms with Gasteiger partial charge < -0.3 is 10.3 Å². The fourth-order valence-corrected chi connectivity index (χ4v) is 1.70. The number of benzene rings is 1. The Morgan fingerprint density at radius 3 is 2.71 bits per heavy atom. The molecule has 0 aliphatic rings. The van der Waals surface area contributed by atoms with Crippen LogP contribution in [0.3, 0.4) is 0 Å². The van der Waals surface area contributed by atoms with Gasteiger partial charge in [-0.15, -0.1) is 0 Å². The number of imidazole rings is 1. The first kappa shape index (κ1) is 11.7. The molecule has 17 heavy (non-hydrogen) atoms. The minimum Gasteiger partial charge on any atom is -0.344 e. The average molecular weight is 237 g/mol. The second kappa shape index (κ2) is 4.63. The number of H-pyrrole nitrogens is 1. The molecule has 1 aromatic heterocycles. The largest absolute Gasteiger partial charge is 0.344 e. The molecule has 0 aliphatic carbocycles. The van der Waals surface area contributed by atoms with Crippen LogP contribution in [0.4, 0.5) is 8.78 Å². The van der Waals surface area contributed by atoms with Crippen molar-refractivity contribution in [3.8, 4) is 11.3 Å². The lowest BCUT2D eigenvalue weighted by Gasteiger charge is -1.99.